The average molecular weight is 475 g/mol. The van der Waals surface area contributed by atoms with E-state index in [1.54, 1.807) is 24.3 Å². The minimum Gasteiger partial charge on any atom is -0.504 e. The molecule has 184 valence electrons. The van der Waals surface area contributed by atoms with Crippen LogP contribution >= 0.6 is 0 Å². The zero-order chi connectivity index (χ0) is 24.8. The summed E-state index contributed by atoms with van der Waals surface area (Å²) in [7, 11) is 2.90. The fourth-order valence-corrected chi connectivity index (χ4v) is 4.52. The molecule has 0 bridgehead atoms. The summed E-state index contributed by atoms with van der Waals surface area (Å²) < 4.78 is 16.0. The van der Waals surface area contributed by atoms with Gasteiger partial charge in [0.2, 0.25) is 0 Å². The van der Waals surface area contributed by atoms with Crippen LogP contribution in [0.15, 0.2) is 30.3 Å². The molecule has 0 saturated carbocycles. The third kappa shape index (κ3) is 5.43. The number of methoxy groups -OCH3 is 2. The Hall–Kier alpha value is -3.30. The smallest absolute Gasteiger partial charge is 0.306 e. The summed E-state index contributed by atoms with van der Waals surface area (Å²) in [6.45, 7) is -0.825. The van der Waals surface area contributed by atoms with Gasteiger partial charge in [0.25, 0.3) is 0 Å². The molecule has 9 nitrogen and oxygen atoms in total. The van der Waals surface area contributed by atoms with Crippen LogP contribution in [0, 0.1) is 11.8 Å². The van der Waals surface area contributed by atoms with E-state index in [1.807, 2.05) is 0 Å². The number of aliphatic hydroxyl groups excluding tert-OH is 2. The molecule has 2 aromatic rings. The highest BCUT2D eigenvalue weighted by atomic mass is 16.5. The van der Waals surface area contributed by atoms with E-state index in [0.29, 0.717) is 12.2 Å². The maximum Gasteiger partial charge on any atom is 0.306 e. The maximum absolute atomic E-state index is 12.2. The lowest BCUT2D eigenvalue weighted by molar-refractivity contribution is -0.147. The third-order valence-electron chi connectivity index (χ3n) is 6.31. The highest BCUT2D eigenvalue weighted by molar-refractivity contribution is 5.83. The molecule has 0 saturated heterocycles. The van der Waals surface area contributed by atoms with Crippen LogP contribution in [0.4, 0.5) is 0 Å². The zero-order valence-corrected chi connectivity index (χ0v) is 19.2. The first-order valence-electron chi connectivity index (χ1n) is 11.0. The van der Waals surface area contributed by atoms with Crippen molar-refractivity contribution in [2.45, 2.75) is 25.2 Å². The minimum atomic E-state index is -0.628. The van der Waals surface area contributed by atoms with Gasteiger partial charge in [-0.1, -0.05) is 6.07 Å². The lowest BCUT2D eigenvalue weighted by atomic mass is 9.67. The molecule has 0 spiro atoms. The van der Waals surface area contributed by atoms with E-state index < -0.39 is 24.3 Å². The Balaban J connectivity index is 2.00. The first-order chi connectivity index (χ1) is 16.3. The van der Waals surface area contributed by atoms with Crippen LogP contribution in [0.3, 0.4) is 0 Å². The second-order valence-electron chi connectivity index (χ2n) is 8.32. The van der Waals surface area contributed by atoms with Gasteiger partial charge in [0, 0.05) is 24.9 Å². The number of fused-ring (bicyclic) bond motifs is 1. The Bertz CT molecular complexity index is 1030. The molecular weight excluding hydrogens is 444 g/mol. The molecule has 3 rings (SSSR count). The monoisotopic (exact) mass is 474 g/mol. The SMILES string of the molecule is COc1cc([C@H]2c3cc(O)c(OC)cc3C[C@@H](CO)[C@@H]2COC(=O)CCC(=O)CO)ccc1O. The van der Waals surface area contributed by atoms with E-state index in [2.05, 4.69) is 0 Å². The number of hydrogen-bond acceptors (Lipinski definition) is 9. The van der Waals surface area contributed by atoms with Crippen LogP contribution in [-0.2, 0) is 20.7 Å². The first kappa shape index (κ1) is 25.3. The molecule has 0 heterocycles. The summed E-state index contributed by atoms with van der Waals surface area (Å²) in [5.74, 6) is -1.57. The molecular formula is C25H30O9. The van der Waals surface area contributed by atoms with Gasteiger partial charge in [-0.2, -0.15) is 0 Å². The molecule has 0 aromatic heterocycles. The number of rotatable bonds is 10. The number of carbonyl (C=O) groups excluding carboxylic acids is 2. The van der Waals surface area contributed by atoms with Crippen molar-refractivity contribution in [1.82, 2.24) is 0 Å². The van der Waals surface area contributed by atoms with Crippen LogP contribution < -0.4 is 9.47 Å². The summed E-state index contributed by atoms with van der Waals surface area (Å²) in [5.41, 5.74) is 2.41. The van der Waals surface area contributed by atoms with Gasteiger partial charge in [-0.15, -0.1) is 0 Å². The molecule has 1 aliphatic rings. The summed E-state index contributed by atoms with van der Waals surface area (Å²) in [6, 6.07) is 8.26. The largest absolute Gasteiger partial charge is 0.504 e. The van der Waals surface area contributed by atoms with Crippen LogP contribution in [0.2, 0.25) is 0 Å². The van der Waals surface area contributed by atoms with Gasteiger partial charge >= 0.3 is 5.97 Å². The van der Waals surface area contributed by atoms with Gasteiger partial charge in [-0.05, 0) is 53.3 Å². The fraction of sp³-hybridized carbons (Fsp3) is 0.440. The third-order valence-corrected chi connectivity index (χ3v) is 6.31. The molecule has 0 fully saturated rings. The van der Waals surface area contributed by atoms with Crippen LogP contribution in [-0.4, -0.2) is 66.2 Å². The summed E-state index contributed by atoms with van der Waals surface area (Å²) in [4.78, 5) is 23.6. The highest BCUT2D eigenvalue weighted by Gasteiger charge is 2.39. The number of carbonyl (C=O) groups is 2. The molecule has 0 radical (unpaired) electrons. The number of Topliss-reactive ketones (excluding diaryl/α,β-unsaturated/α-hetero) is 1. The number of phenolic OH excluding ortho intramolecular Hbond substituents is 2. The maximum atomic E-state index is 12.2. The molecule has 0 amide bonds. The van der Waals surface area contributed by atoms with Crippen molar-refractivity contribution in [3.05, 3.63) is 47.0 Å². The number of ketones is 1. The molecule has 34 heavy (non-hydrogen) atoms. The van der Waals surface area contributed by atoms with E-state index in [0.717, 1.165) is 16.7 Å². The van der Waals surface area contributed by atoms with Crippen LogP contribution in [0.5, 0.6) is 23.0 Å². The molecule has 2 aromatic carbocycles. The number of aliphatic hydroxyl groups is 2. The van der Waals surface area contributed by atoms with Crippen molar-refractivity contribution < 1.29 is 44.2 Å². The number of esters is 1. The Morgan fingerprint density at radius 3 is 2.32 bits per heavy atom. The van der Waals surface area contributed by atoms with E-state index in [1.165, 1.54) is 20.3 Å². The first-order valence-corrected chi connectivity index (χ1v) is 11.0. The van der Waals surface area contributed by atoms with Crippen LogP contribution in [0.25, 0.3) is 0 Å². The molecule has 4 N–H and O–H groups in total. The quantitative estimate of drug-likeness (QED) is 0.380. The molecule has 9 heteroatoms. The van der Waals surface area contributed by atoms with Crippen molar-refractivity contribution in [1.29, 1.82) is 0 Å². The lowest BCUT2D eigenvalue weighted by Gasteiger charge is -2.39. The molecule has 0 unspecified atom stereocenters. The van der Waals surface area contributed by atoms with E-state index >= 15 is 0 Å². The van der Waals surface area contributed by atoms with Crippen molar-refractivity contribution in [3.8, 4) is 23.0 Å². The predicted molar refractivity (Wildman–Crippen MR) is 121 cm³/mol. The number of hydrogen-bond donors (Lipinski definition) is 4. The highest BCUT2D eigenvalue weighted by Crippen LogP contribution is 2.48. The van der Waals surface area contributed by atoms with Crippen molar-refractivity contribution in [2.24, 2.45) is 11.8 Å². The van der Waals surface area contributed by atoms with Gasteiger partial charge in [-0.25, -0.2) is 0 Å². The van der Waals surface area contributed by atoms with Crippen molar-refractivity contribution in [2.75, 3.05) is 34.0 Å². The van der Waals surface area contributed by atoms with E-state index in [9.17, 15) is 24.9 Å². The predicted octanol–water partition coefficient (Wildman–Crippen LogP) is 1.91. The summed E-state index contributed by atoms with van der Waals surface area (Å²) in [5, 5.41) is 39.6. The lowest BCUT2D eigenvalue weighted by Crippen LogP contribution is -2.36. The van der Waals surface area contributed by atoms with Gasteiger partial charge < -0.3 is 34.6 Å². The standard InChI is InChI=1S/C25H30O9/c1-32-22-8-14(3-5-20(22)29)25-18-10-21(30)23(33-2)9-15(18)7-16(11-26)19(25)13-34-24(31)6-4-17(28)12-27/h3,5,8-10,16,19,25-27,29-30H,4,6-7,11-13H2,1-2H3/t16-,19-,25-/m0/s1. The summed E-state index contributed by atoms with van der Waals surface area (Å²) >= 11 is 0. The average Bonchev–Trinajstić information content (AvgIpc) is 2.85. The second kappa shape index (κ2) is 11.2. The van der Waals surface area contributed by atoms with Gasteiger partial charge in [0.15, 0.2) is 28.8 Å². The van der Waals surface area contributed by atoms with Crippen molar-refractivity contribution >= 4 is 11.8 Å². The molecule has 3 atom stereocenters. The van der Waals surface area contributed by atoms with E-state index in [4.69, 9.17) is 19.3 Å². The van der Waals surface area contributed by atoms with Gasteiger partial charge in [0.05, 0.1) is 27.2 Å². The fourth-order valence-electron chi connectivity index (χ4n) is 4.52. The Morgan fingerprint density at radius 2 is 1.68 bits per heavy atom. The number of ether oxygens (including phenoxy) is 3. The normalized spacial score (nSPS) is 19.2. The summed E-state index contributed by atoms with van der Waals surface area (Å²) in [6.07, 6.45) is 0.208. The number of aromatic hydroxyl groups is 2. The Labute approximate surface area is 197 Å². The van der Waals surface area contributed by atoms with Crippen LogP contribution in [0.1, 0.15) is 35.4 Å². The second-order valence-corrected chi connectivity index (χ2v) is 8.32. The number of phenols is 2. The molecule has 0 aliphatic heterocycles. The minimum absolute atomic E-state index is 0.0303. The number of benzene rings is 2. The van der Waals surface area contributed by atoms with Gasteiger partial charge in [0.1, 0.15) is 6.61 Å². The van der Waals surface area contributed by atoms with E-state index in [-0.39, 0.29) is 55.1 Å². The molecule has 1 aliphatic carbocycles. The topological polar surface area (TPSA) is 143 Å². The zero-order valence-electron chi connectivity index (χ0n) is 19.2. The van der Waals surface area contributed by atoms with Gasteiger partial charge in [-0.3, -0.25) is 9.59 Å². The Morgan fingerprint density at radius 1 is 0.971 bits per heavy atom. The van der Waals surface area contributed by atoms with Crippen molar-refractivity contribution in [3.63, 3.8) is 0 Å². The Kier molecular flexibility index (Phi) is 8.36.